The molecular weight excluding hydrogens is 413 g/mol. The summed E-state index contributed by atoms with van der Waals surface area (Å²) < 4.78 is 24.4. The first kappa shape index (κ1) is 21.1. The zero-order valence-electron chi connectivity index (χ0n) is 17.4. The molecule has 1 aliphatic rings. The van der Waals surface area contributed by atoms with Gasteiger partial charge in [0.25, 0.3) is 11.7 Å². The Kier molecular flexibility index (Phi) is 5.64. The van der Waals surface area contributed by atoms with Crippen molar-refractivity contribution in [2.45, 2.75) is 6.04 Å². The Morgan fingerprint density at radius 1 is 0.906 bits per heavy atom. The summed E-state index contributed by atoms with van der Waals surface area (Å²) in [7, 11) is 3.02. The number of rotatable bonds is 5. The van der Waals surface area contributed by atoms with E-state index < -0.39 is 23.5 Å². The first-order valence-electron chi connectivity index (χ1n) is 9.79. The molecule has 1 heterocycles. The van der Waals surface area contributed by atoms with Crippen LogP contribution in [-0.4, -0.2) is 31.0 Å². The number of anilines is 1. The molecule has 0 radical (unpaired) electrons. The van der Waals surface area contributed by atoms with Gasteiger partial charge in [-0.05, 0) is 60.2 Å². The topological polar surface area (TPSA) is 76.1 Å². The van der Waals surface area contributed by atoms with Gasteiger partial charge in [0.2, 0.25) is 0 Å². The standard InChI is InChI=1S/C25H20FNO5/c1-31-19-11-9-15(10-12-19)23(28)21-22(16-5-3-8-20(13-16)32-2)27(25(30)24(21)29)18-7-4-6-17(26)14-18/h3-14,22,28H,1-2H3/b23-21+. The van der Waals surface area contributed by atoms with Crippen LogP contribution in [0.3, 0.4) is 0 Å². The number of hydrogen-bond donors (Lipinski definition) is 1. The second-order valence-electron chi connectivity index (χ2n) is 7.15. The van der Waals surface area contributed by atoms with Crippen LogP contribution in [0.1, 0.15) is 17.2 Å². The lowest BCUT2D eigenvalue weighted by Crippen LogP contribution is -2.29. The molecular formula is C25H20FNO5. The minimum absolute atomic E-state index is 0.0994. The fourth-order valence-corrected chi connectivity index (χ4v) is 3.76. The predicted molar refractivity (Wildman–Crippen MR) is 117 cm³/mol. The average Bonchev–Trinajstić information content (AvgIpc) is 3.09. The molecule has 4 rings (SSSR count). The molecule has 0 aromatic heterocycles. The highest BCUT2D eigenvalue weighted by atomic mass is 19.1. The van der Waals surface area contributed by atoms with E-state index in [9.17, 15) is 19.1 Å². The Hall–Kier alpha value is -4.13. The van der Waals surface area contributed by atoms with Crippen LogP contribution in [0, 0.1) is 5.82 Å². The van der Waals surface area contributed by atoms with Crippen LogP contribution in [0.4, 0.5) is 10.1 Å². The molecule has 6 nitrogen and oxygen atoms in total. The maximum absolute atomic E-state index is 14.0. The third-order valence-electron chi connectivity index (χ3n) is 5.30. The van der Waals surface area contributed by atoms with Gasteiger partial charge in [-0.2, -0.15) is 0 Å². The minimum Gasteiger partial charge on any atom is -0.507 e. The van der Waals surface area contributed by atoms with Crippen molar-refractivity contribution in [3.8, 4) is 11.5 Å². The number of aliphatic hydroxyl groups is 1. The molecule has 1 amide bonds. The molecule has 1 saturated heterocycles. The van der Waals surface area contributed by atoms with Crippen LogP contribution < -0.4 is 14.4 Å². The molecule has 1 N–H and O–H groups in total. The number of halogens is 1. The fourth-order valence-electron chi connectivity index (χ4n) is 3.76. The van der Waals surface area contributed by atoms with Gasteiger partial charge in [0.15, 0.2) is 0 Å². The van der Waals surface area contributed by atoms with Crippen LogP contribution in [0.25, 0.3) is 5.76 Å². The van der Waals surface area contributed by atoms with Crippen molar-refractivity contribution in [2.75, 3.05) is 19.1 Å². The van der Waals surface area contributed by atoms with E-state index in [4.69, 9.17) is 9.47 Å². The Morgan fingerprint density at radius 2 is 1.59 bits per heavy atom. The Bertz CT molecular complexity index is 1220. The summed E-state index contributed by atoms with van der Waals surface area (Å²) in [5, 5.41) is 11.1. The summed E-state index contributed by atoms with van der Waals surface area (Å²) in [4.78, 5) is 27.3. The SMILES string of the molecule is COc1ccc(/C(O)=C2\C(=O)C(=O)N(c3cccc(F)c3)C2c2cccc(OC)c2)cc1. The molecule has 0 aliphatic carbocycles. The van der Waals surface area contributed by atoms with E-state index in [1.54, 1.807) is 48.5 Å². The van der Waals surface area contributed by atoms with Gasteiger partial charge in [-0.25, -0.2) is 4.39 Å². The van der Waals surface area contributed by atoms with Gasteiger partial charge >= 0.3 is 0 Å². The summed E-state index contributed by atoms with van der Waals surface area (Å²) >= 11 is 0. The van der Waals surface area contributed by atoms with Gasteiger partial charge in [0.1, 0.15) is 23.1 Å². The van der Waals surface area contributed by atoms with E-state index in [0.29, 0.717) is 22.6 Å². The van der Waals surface area contributed by atoms with Crippen molar-refractivity contribution in [1.29, 1.82) is 0 Å². The van der Waals surface area contributed by atoms with Gasteiger partial charge in [-0.3, -0.25) is 14.5 Å². The van der Waals surface area contributed by atoms with Crippen molar-refractivity contribution < 1.29 is 28.6 Å². The molecule has 7 heteroatoms. The van der Waals surface area contributed by atoms with Crippen LogP contribution in [0.15, 0.2) is 78.4 Å². The van der Waals surface area contributed by atoms with Crippen LogP contribution >= 0.6 is 0 Å². The number of hydrogen-bond acceptors (Lipinski definition) is 5. The Balaban J connectivity index is 1.94. The van der Waals surface area contributed by atoms with Gasteiger partial charge in [0.05, 0.1) is 25.8 Å². The molecule has 32 heavy (non-hydrogen) atoms. The average molecular weight is 433 g/mol. The van der Waals surface area contributed by atoms with Crippen molar-refractivity contribution in [3.05, 3.63) is 95.3 Å². The minimum atomic E-state index is -0.978. The Labute approximate surface area is 184 Å². The van der Waals surface area contributed by atoms with E-state index in [2.05, 4.69) is 0 Å². The van der Waals surface area contributed by atoms with Gasteiger partial charge < -0.3 is 14.6 Å². The van der Waals surface area contributed by atoms with E-state index in [1.807, 2.05) is 0 Å². The fraction of sp³-hybridized carbons (Fsp3) is 0.120. The normalized spacial score (nSPS) is 17.5. The quantitative estimate of drug-likeness (QED) is 0.365. The molecule has 0 bridgehead atoms. The second kappa shape index (κ2) is 8.55. The van der Waals surface area contributed by atoms with E-state index in [-0.39, 0.29) is 17.0 Å². The summed E-state index contributed by atoms with van der Waals surface area (Å²) in [6.07, 6.45) is 0. The molecule has 1 fully saturated rings. The van der Waals surface area contributed by atoms with E-state index in [1.165, 1.54) is 43.4 Å². The molecule has 162 valence electrons. The molecule has 0 saturated carbocycles. The first-order chi connectivity index (χ1) is 15.4. The summed E-state index contributed by atoms with van der Waals surface area (Å²) in [6, 6.07) is 17.7. The smallest absolute Gasteiger partial charge is 0.300 e. The number of methoxy groups -OCH3 is 2. The monoisotopic (exact) mass is 433 g/mol. The molecule has 1 atom stereocenters. The van der Waals surface area contributed by atoms with Crippen molar-refractivity contribution >= 4 is 23.1 Å². The van der Waals surface area contributed by atoms with Gasteiger partial charge in [-0.15, -0.1) is 0 Å². The largest absolute Gasteiger partial charge is 0.507 e. The molecule has 0 spiro atoms. The lowest BCUT2D eigenvalue weighted by Gasteiger charge is -2.25. The molecule has 3 aromatic rings. The number of ketones is 1. The summed E-state index contributed by atoms with van der Waals surface area (Å²) in [5.41, 5.74) is 0.977. The second-order valence-corrected chi connectivity index (χ2v) is 7.15. The lowest BCUT2D eigenvalue weighted by atomic mass is 9.95. The predicted octanol–water partition coefficient (Wildman–Crippen LogP) is 4.47. The third-order valence-corrected chi connectivity index (χ3v) is 5.30. The van der Waals surface area contributed by atoms with Crippen molar-refractivity contribution in [1.82, 2.24) is 0 Å². The molecule has 1 unspecified atom stereocenters. The highest BCUT2D eigenvalue weighted by molar-refractivity contribution is 6.51. The third kappa shape index (κ3) is 3.69. The molecule has 1 aliphatic heterocycles. The van der Waals surface area contributed by atoms with E-state index >= 15 is 0 Å². The summed E-state index contributed by atoms with van der Waals surface area (Å²) in [6.45, 7) is 0. The maximum atomic E-state index is 14.0. The number of ether oxygens (including phenoxy) is 2. The highest BCUT2D eigenvalue weighted by Crippen LogP contribution is 2.43. The van der Waals surface area contributed by atoms with Crippen LogP contribution in [0.5, 0.6) is 11.5 Å². The summed E-state index contributed by atoms with van der Waals surface area (Å²) in [5.74, 6) is -1.53. The van der Waals surface area contributed by atoms with Crippen LogP contribution in [0.2, 0.25) is 0 Å². The number of amides is 1. The number of benzene rings is 3. The zero-order chi connectivity index (χ0) is 22.8. The zero-order valence-corrected chi connectivity index (χ0v) is 17.4. The number of carbonyl (C=O) groups excluding carboxylic acids is 2. The Morgan fingerprint density at radius 3 is 2.25 bits per heavy atom. The molecule has 3 aromatic carbocycles. The van der Waals surface area contributed by atoms with Gasteiger partial charge in [0, 0.05) is 11.3 Å². The van der Waals surface area contributed by atoms with E-state index in [0.717, 1.165) is 0 Å². The number of carbonyl (C=O) groups is 2. The number of Topliss-reactive ketones (excluding diaryl/α,β-unsaturated/α-hetero) is 1. The van der Waals surface area contributed by atoms with Gasteiger partial charge in [-0.1, -0.05) is 18.2 Å². The van der Waals surface area contributed by atoms with Crippen molar-refractivity contribution in [3.63, 3.8) is 0 Å². The number of nitrogens with zero attached hydrogens (tertiary/aromatic N) is 1. The lowest BCUT2D eigenvalue weighted by molar-refractivity contribution is -0.132. The van der Waals surface area contributed by atoms with Crippen molar-refractivity contribution in [2.24, 2.45) is 0 Å². The van der Waals surface area contributed by atoms with Crippen LogP contribution in [-0.2, 0) is 9.59 Å². The maximum Gasteiger partial charge on any atom is 0.300 e. The highest BCUT2D eigenvalue weighted by Gasteiger charge is 2.47. The first-order valence-corrected chi connectivity index (χ1v) is 9.79. The number of aliphatic hydroxyl groups excluding tert-OH is 1.